The fourth-order valence-electron chi connectivity index (χ4n) is 1.15. The monoisotopic (exact) mass is 224 g/mol. The van der Waals surface area contributed by atoms with Crippen LogP contribution >= 0.6 is 11.6 Å². The molecule has 0 fully saturated rings. The van der Waals surface area contributed by atoms with Gasteiger partial charge in [-0.2, -0.15) is 0 Å². The normalized spacial score (nSPS) is 9.60. The van der Waals surface area contributed by atoms with Crippen LogP contribution in [0.4, 0.5) is 5.69 Å². The fraction of sp³-hybridized carbons (Fsp3) is 0.200. The highest BCUT2D eigenvalue weighted by atomic mass is 35.5. The SMILES string of the molecule is C#CCNCc1c(Cl)cccc1[N+](=O)[O-]. The summed E-state index contributed by atoms with van der Waals surface area (Å²) < 4.78 is 0. The molecule has 0 saturated carbocycles. The summed E-state index contributed by atoms with van der Waals surface area (Å²) in [6.45, 7) is 0.641. The Morgan fingerprint density at radius 2 is 2.33 bits per heavy atom. The largest absolute Gasteiger partial charge is 0.302 e. The smallest absolute Gasteiger partial charge is 0.275 e. The van der Waals surface area contributed by atoms with Crippen LogP contribution < -0.4 is 5.32 Å². The predicted molar refractivity (Wildman–Crippen MR) is 58.6 cm³/mol. The van der Waals surface area contributed by atoms with Crippen molar-refractivity contribution in [3.63, 3.8) is 0 Å². The molecule has 0 atom stereocenters. The van der Waals surface area contributed by atoms with Crippen molar-refractivity contribution in [3.05, 3.63) is 38.9 Å². The van der Waals surface area contributed by atoms with Gasteiger partial charge in [-0.25, -0.2) is 0 Å². The van der Waals surface area contributed by atoms with Crippen LogP contribution in [0.25, 0.3) is 0 Å². The maximum atomic E-state index is 10.7. The average Bonchev–Trinajstić information content (AvgIpc) is 2.20. The highest BCUT2D eigenvalue weighted by Crippen LogP contribution is 2.25. The first-order valence-corrected chi connectivity index (χ1v) is 4.60. The summed E-state index contributed by atoms with van der Waals surface area (Å²) in [5, 5.41) is 13.9. The van der Waals surface area contributed by atoms with Crippen LogP contribution in [-0.4, -0.2) is 11.5 Å². The second-order valence-electron chi connectivity index (χ2n) is 2.80. The van der Waals surface area contributed by atoms with Crippen LogP contribution in [-0.2, 0) is 6.54 Å². The quantitative estimate of drug-likeness (QED) is 0.368. The van der Waals surface area contributed by atoms with E-state index < -0.39 is 4.92 Å². The van der Waals surface area contributed by atoms with Gasteiger partial charge in [-0.15, -0.1) is 6.42 Å². The molecule has 0 aromatic heterocycles. The minimum Gasteiger partial charge on any atom is -0.302 e. The zero-order valence-electron chi connectivity index (χ0n) is 7.87. The van der Waals surface area contributed by atoms with Gasteiger partial charge in [0.2, 0.25) is 0 Å². The van der Waals surface area contributed by atoms with Gasteiger partial charge in [0.15, 0.2) is 0 Å². The van der Waals surface area contributed by atoms with Crippen molar-refractivity contribution in [1.29, 1.82) is 0 Å². The molecule has 0 aliphatic rings. The average molecular weight is 225 g/mol. The van der Waals surface area contributed by atoms with Crippen LogP contribution in [0.3, 0.4) is 0 Å². The molecule has 78 valence electrons. The van der Waals surface area contributed by atoms with Crippen LogP contribution in [0.2, 0.25) is 5.02 Å². The Hall–Kier alpha value is -1.57. The van der Waals surface area contributed by atoms with Crippen LogP contribution in [0.5, 0.6) is 0 Å². The number of hydrogen-bond acceptors (Lipinski definition) is 3. The molecule has 0 amide bonds. The van der Waals surface area contributed by atoms with Gasteiger partial charge in [0, 0.05) is 12.6 Å². The van der Waals surface area contributed by atoms with Crippen molar-refractivity contribution >= 4 is 17.3 Å². The highest BCUT2D eigenvalue weighted by Gasteiger charge is 2.15. The lowest BCUT2D eigenvalue weighted by Gasteiger charge is -2.04. The Bertz CT molecular complexity index is 412. The van der Waals surface area contributed by atoms with E-state index in [1.807, 2.05) is 0 Å². The van der Waals surface area contributed by atoms with Crippen molar-refractivity contribution in [1.82, 2.24) is 5.32 Å². The Labute approximate surface area is 92.4 Å². The number of nitro groups is 1. The van der Waals surface area contributed by atoms with Crippen molar-refractivity contribution in [2.45, 2.75) is 6.54 Å². The fourth-order valence-corrected chi connectivity index (χ4v) is 1.39. The molecule has 1 aromatic rings. The third-order valence-electron chi connectivity index (χ3n) is 1.82. The van der Waals surface area contributed by atoms with Gasteiger partial charge in [0.1, 0.15) is 0 Å². The first kappa shape index (κ1) is 11.5. The minimum absolute atomic E-state index is 0.00650. The Morgan fingerprint density at radius 1 is 1.60 bits per heavy atom. The van der Waals surface area contributed by atoms with E-state index in [1.54, 1.807) is 12.1 Å². The summed E-state index contributed by atoms with van der Waals surface area (Å²) in [5.41, 5.74) is 0.464. The highest BCUT2D eigenvalue weighted by molar-refractivity contribution is 6.31. The zero-order chi connectivity index (χ0) is 11.3. The van der Waals surface area contributed by atoms with Crippen molar-refractivity contribution in [2.75, 3.05) is 6.54 Å². The number of halogens is 1. The summed E-state index contributed by atoms with van der Waals surface area (Å²) in [6, 6.07) is 4.57. The number of nitro benzene ring substituents is 1. The third-order valence-corrected chi connectivity index (χ3v) is 2.17. The number of nitrogens with zero attached hydrogens (tertiary/aromatic N) is 1. The Balaban J connectivity index is 2.93. The van der Waals surface area contributed by atoms with E-state index in [4.69, 9.17) is 18.0 Å². The minimum atomic E-state index is -0.460. The summed E-state index contributed by atoms with van der Waals surface area (Å²) in [4.78, 5) is 10.2. The van der Waals surface area contributed by atoms with E-state index in [0.29, 0.717) is 23.7 Å². The molecule has 0 radical (unpaired) electrons. The lowest BCUT2D eigenvalue weighted by molar-refractivity contribution is -0.385. The zero-order valence-corrected chi connectivity index (χ0v) is 8.62. The van der Waals surface area contributed by atoms with Gasteiger partial charge in [-0.05, 0) is 6.07 Å². The Morgan fingerprint density at radius 3 is 2.93 bits per heavy atom. The second-order valence-corrected chi connectivity index (χ2v) is 3.21. The van der Waals surface area contributed by atoms with E-state index in [0.717, 1.165) is 0 Å². The molecular weight excluding hydrogens is 216 g/mol. The summed E-state index contributed by atoms with van der Waals surface area (Å²) in [6.07, 6.45) is 5.05. The molecule has 0 bridgehead atoms. The van der Waals surface area contributed by atoms with E-state index in [1.165, 1.54) is 6.07 Å². The molecule has 1 aromatic carbocycles. The van der Waals surface area contributed by atoms with Gasteiger partial charge >= 0.3 is 0 Å². The number of hydrogen-bond donors (Lipinski definition) is 1. The molecule has 0 spiro atoms. The topological polar surface area (TPSA) is 55.2 Å². The number of benzene rings is 1. The molecule has 0 aliphatic carbocycles. The van der Waals surface area contributed by atoms with Crippen molar-refractivity contribution in [2.24, 2.45) is 0 Å². The summed E-state index contributed by atoms with van der Waals surface area (Å²) in [5.74, 6) is 2.38. The van der Waals surface area contributed by atoms with E-state index in [-0.39, 0.29) is 5.69 Å². The lowest BCUT2D eigenvalue weighted by atomic mass is 10.2. The van der Waals surface area contributed by atoms with Crippen LogP contribution in [0.1, 0.15) is 5.56 Å². The van der Waals surface area contributed by atoms with Crippen LogP contribution in [0.15, 0.2) is 18.2 Å². The van der Waals surface area contributed by atoms with Gasteiger partial charge in [0.25, 0.3) is 5.69 Å². The first-order valence-electron chi connectivity index (χ1n) is 4.22. The van der Waals surface area contributed by atoms with E-state index in [9.17, 15) is 10.1 Å². The van der Waals surface area contributed by atoms with Gasteiger partial charge in [-0.1, -0.05) is 23.6 Å². The molecule has 0 aliphatic heterocycles. The molecule has 1 N–H and O–H groups in total. The maximum Gasteiger partial charge on any atom is 0.275 e. The Kier molecular flexibility index (Phi) is 4.10. The molecule has 0 saturated heterocycles. The molecular formula is C10H9ClN2O2. The van der Waals surface area contributed by atoms with Crippen molar-refractivity contribution in [3.8, 4) is 12.3 Å². The molecule has 0 unspecified atom stereocenters. The van der Waals surface area contributed by atoms with E-state index in [2.05, 4.69) is 11.2 Å². The molecule has 1 rings (SSSR count). The van der Waals surface area contributed by atoms with E-state index >= 15 is 0 Å². The van der Waals surface area contributed by atoms with Crippen LogP contribution in [0, 0.1) is 22.5 Å². The van der Waals surface area contributed by atoms with Gasteiger partial charge in [0.05, 0.1) is 22.1 Å². The lowest BCUT2D eigenvalue weighted by Crippen LogP contribution is -2.14. The second kappa shape index (κ2) is 5.35. The standard InChI is InChI=1S/C10H9ClN2O2/c1-2-6-12-7-8-9(11)4-3-5-10(8)13(14)15/h1,3-5,12H,6-7H2. The summed E-state index contributed by atoms with van der Waals surface area (Å²) in [7, 11) is 0. The molecule has 4 nitrogen and oxygen atoms in total. The third kappa shape index (κ3) is 2.94. The molecule has 0 heterocycles. The van der Waals surface area contributed by atoms with Crippen molar-refractivity contribution < 1.29 is 4.92 Å². The number of rotatable bonds is 4. The maximum absolute atomic E-state index is 10.7. The predicted octanol–water partition coefficient (Wildman–Crippen LogP) is 1.97. The first-order chi connectivity index (χ1) is 7.16. The van der Waals surface area contributed by atoms with Gasteiger partial charge in [-0.3, -0.25) is 10.1 Å². The van der Waals surface area contributed by atoms with Gasteiger partial charge < -0.3 is 5.32 Å². The number of terminal acetylenes is 1. The summed E-state index contributed by atoms with van der Waals surface area (Å²) >= 11 is 5.86. The molecule has 5 heteroatoms. The number of nitrogens with one attached hydrogen (secondary N) is 1. The molecule has 15 heavy (non-hydrogen) atoms.